The first-order valence-electron chi connectivity index (χ1n) is 10.5. The fourth-order valence-corrected chi connectivity index (χ4v) is 5.15. The summed E-state index contributed by atoms with van der Waals surface area (Å²) in [5, 5.41) is 12.0. The van der Waals surface area contributed by atoms with Crippen LogP contribution in [0, 0.1) is 5.41 Å². The second-order valence-corrected chi connectivity index (χ2v) is 9.54. The molecule has 1 aliphatic heterocycles. The SMILES string of the molecule is CC1(C(=O)O)CN(C(=O)c2cnc(NC(=O)OCC3c4ccccc4-c4ccccc43)s2)C1. The maximum atomic E-state index is 12.5. The second-order valence-electron chi connectivity index (χ2n) is 8.51. The molecule has 1 saturated heterocycles. The first-order chi connectivity index (χ1) is 15.9. The highest BCUT2D eigenvalue weighted by molar-refractivity contribution is 7.17. The fourth-order valence-electron chi connectivity index (χ4n) is 4.38. The van der Waals surface area contributed by atoms with Crippen molar-refractivity contribution in [1.29, 1.82) is 0 Å². The third kappa shape index (κ3) is 3.74. The summed E-state index contributed by atoms with van der Waals surface area (Å²) >= 11 is 1.03. The second kappa shape index (κ2) is 8.00. The molecule has 0 unspecified atom stereocenters. The number of nitrogens with zero attached hydrogens (tertiary/aromatic N) is 2. The quantitative estimate of drug-likeness (QED) is 0.591. The fraction of sp³-hybridized carbons (Fsp3) is 0.250. The molecule has 9 heteroatoms. The van der Waals surface area contributed by atoms with Gasteiger partial charge in [-0.1, -0.05) is 59.9 Å². The summed E-state index contributed by atoms with van der Waals surface area (Å²) in [6, 6.07) is 16.2. The molecule has 168 valence electrons. The minimum absolute atomic E-state index is 0.0495. The number of benzene rings is 2. The Labute approximate surface area is 193 Å². The van der Waals surface area contributed by atoms with Crippen molar-refractivity contribution in [2.24, 2.45) is 5.41 Å². The van der Waals surface area contributed by atoms with E-state index in [9.17, 15) is 19.5 Å². The number of nitrogens with one attached hydrogen (secondary N) is 1. The largest absolute Gasteiger partial charge is 0.481 e. The molecule has 0 bridgehead atoms. The van der Waals surface area contributed by atoms with Crippen molar-refractivity contribution in [3.05, 3.63) is 70.7 Å². The van der Waals surface area contributed by atoms with E-state index in [2.05, 4.69) is 22.4 Å². The van der Waals surface area contributed by atoms with Crippen LogP contribution in [-0.4, -0.2) is 52.7 Å². The Kier molecular flexibility index (Phi) is 5.13. The maximum Gasteiger partial charge on any atom is 0.413 e. The van der Waals surface area contributed by atoms with Gasteiger partial charge in [0.15, 0.2) is 5.13 Å². The number of carboxylic acids is 1. The Morgan fingerprint density at radius 3 is 2.33 bits per heavy atom. The van der Waals surface area contributed by atoms with Gasteiger partial charge in [-0.3, -0.25) is 14.9 Å². The van der Waals surface area contributed by atoms with Gasteiger partial charge in [0.1, 0.15) is 16.9 Å². The molecule has 2 amide bonds. The highest BCUT2D eigenvalue weighted by Gasteiger charge is 2.47. The third-order valence-corrected chi connectivity index (χ3v) is 7.05. The Bertz CT molecular complexity index is 1220. The average Bonchev–Trinajstić information content (AvgIpc) is 3.37. The predicted octanol–water partition coefficient (Wildman–Crippen LogP) is 4.05. The highest BCUT2D eigenvalue weighted by atomic mass is 32.1. The molecule has 2 heterocycles. The maximum absolute atomic E-state index is 12.5. The standard InChI is InChI=1S/C24H21N3O5S/c1-24(21(29)30)12-27(13-24)20(28)19-10-25-22(33-19)26-23(31)32-11-18-16-8-4-2-6-14(16)15-7-3-5-9-17(15)18/h2-10,18H,11-13H2,1H3,(H,29,30)(H,25,26,31). The Balaban J connectivity index is 1.20. The average molecular weight is 464 g/mol. The number of aromatic nitrogens is 1. The van der Waals surface area contributed by atoms with E-state index >= 15 is 0 Å². The smallest absolute Gasteiger partial charge is 0.413 e. The normalized spacial score (nSPS) is 15.8. The third-order valence-electron chi connectivity index (χ3n) is 6.15. The van der Waals surface area contributed by atoms with Gasteiger partial charge in [0, 0.05) is 19.0 Å². The molecule has 1 fully saturated rings. The van der Waals surface area contributed by atoms with E-state index in [1.54, 1.807) is 6.92 Å². The molecule has 2 N–H and O–H groups in total. The number of ether oxygens (including phenoxy) is 1. The predicted molar refractivity (Wildman–Crippen MR) is 122 cm³/mol. The summed E-state index contributed by atoms with van der Waals surface area (Å²) < 4.78 is 5.50. The molecule has 1 aliphatic carbocycles. The van der Waals surface area contributed by atoms with Gasteiger partial charge in [-0.2, -0.15) is 0 Å². The molecular formula is C24H21N3O5S. The van der Waals surface area contributed by atoms with Gasteiger partial charge >= 0.3 is 12.1 Å². The minimum atomic E-state index is -0.923. The first-order valence-corrected chi connectivity index (χ1v) is 11.3. The Morgan fingerprint density at radius 2 is 1.73 bits per heavy atom. The molecule has 0 spiro atoms. The first kappa shape index (κ1) is 21.1. The van der Waals surface area contributed by atoms with Crippen molar-refractivity contribution < 1.29 is 24.2 Å². The number of amides is 2. The van der Waals surface area contributed by atoms with Crippen molar-refractivity contribution in [1.82, 2.24) is 9.88 Å². The number of hydrogen-bond donors (Lipinski definition) is 2. The van der Waals surface area contributed by atoms with Crippen molar-refractivity contribution in [2.45, 2.75) is 12.8 Å². The molecule has 0 atom stereocenters. The highest BCUT2D eigenvalue weighted by Crippen LogP contribution is 2.44. The number of carboxylic acid groups (broad SMARTS) is 1. The summed E-state index contributed by atoms with van der Waals surface area (Å²) in [7, 11) is 0. The van der Waals surface area contributed by atoms with Crippen LogP contribution >= 0.6 is 11.3 Å². The van der Waals surface area contributed by atoms with Gasteiger partial charge in [-0.25, -0.2) is 9.78 Å². The number of rotatable bonds is 5. The number of likely N-dealkylation sites (tertiary alicyclic amines) is 1. The van der Waals surface area contributed by atoms with E-state index < -0.39 is 17.5 Å². The van der Waals surface area contributed by atoms with Crippen LogP contribution in [0.2, 0.25) is 0 Å². The molecule has 33 heavy (non-hydrogen) atoms. The summed E-state index contributed by atoms with van der Waals surface area (Å²) in [6.45, 7) is 2.08. The zero-order valence-electron chi connectivity index (χ0n) is 17.8. The zero-order chi connectivity index (χ0) is 23.2. The summed E-state index contributed by atoms with van der Waals surface area (Å²) in [4.78, 5) is 42.0. The zero-order valence-corrected chi connectivity index (χ0v) is 18.6. The van der Waals surface area contributed by atoms with Gasteiger partial charge in [0.25, 0.3) is 5.91 Å². The molecule has 1 aromatic heterocycles. The van der Waals surface area contributed by atoms with Crippen molar-refractivity contribution in [3.63, 3.8) is 0 Å². The van der Waals surface area contributed by atoms with Gasteiger partial charge in [0.05, 0.1) is 6.20 Å². The van der Waals surface area contributed by atoms with Crippen molar-refractivity contribution in [3.8, 4) is 11.1 Å². The lowest BCUT2D eigenvalue weighted by atomic mass is 9.82. The lowest BCUT2D eigenvalue weighted by Crippen LogP contribution is -2.60. The lowest BCUT2D eigenvalue weighted by Gasteiger charge is -2.44. The number of carbonyl (C=O) groups is 3. The number of fused-ring (bicyclic) bond motifs is 3. The lowest BCUT2D eigenvalue weighted by molar-refractivity contribution is -0.155. The molecule has 0 saturated carbocycles. The van der Waals surface area contributed by atoms with Crippen LogP contribution < -0.4 is 5.32 Å². The molecule has 2 aromatic carbocycles. The molecule has 8 nitrogen and oxygen atoms in total. The van der Waals surface area contributed by atoms with Crippen LogP contribution in [0.5, 0.6) is 0 Å². The van der Waals surface area contributed by atoms with E-state index in [-0.39, 0.29) is 36.7 Å². The van der Waals surface area contributed by atoms with Crippen LogP contribution in [-0.2, 0) is 9.53 Å². The summed E-state index contributed by atoms with van der Waals surface area (Å²) in [5.74, 6) is -1.27. The van der Waals surface area contributed by atoms with E-state index in [0.717, 1.165) is 33.6 Å². The number of thiazole rings is 1. The molecule has 2 aliphatic rings. The minimum Gasteiger partial charge on any atom is -0.481 e. The van der Waals surface area contributed by atoms with E-state index in [4.69, 9.17) is 4.74 Å². The van der Waals surface area contributed by atoms with Crippen LogP contribution in [0.4, 0.5) is 9.93 Å². The monoisotopic (exact) mass is 463 g/mol. The Morgan fingerprint density at radius 1 is 1.12 bits per heavy atom. The van der Waals surface area contributed by atoms with Crippen LogP contribution in [0.3, 0.4) is 0 Å². The van der Waals surface area contributed by atoms with Gasteiger partial charge < -0.3 is 14.7 Å². The van der Waals surface area contributed by atoms with E-state index in [1.165, 1.54) is 11.1 Å². The summed E-state index contributed by atoms with van der Waals surface area (Å²) in [5.41, 5.74) is 3.63. The van der Waals surface area contributed by atoms with Gasteiger partial charge in [0.2, 0.25) is 0 Å². The number of anilines is 1. The van der Waals surface area contributed by atoms with E-state index in [1.807, 2.05) is 36.4 Å². The molecular weight excluding hydrogens is 442 g/mol. The number of carbonyl (C=O) groups excluding carboxylic acids is 2. The van der Waals surface area contributed by atoms with Crippen molar-refractivity contribution in [2.75, 3.05) is 25.0 Å². The van der Waals surface area contributed by atoms with Crippen molar-refractivity contribution >= 4 is 34.4 Å². The summed E-state index contributed by atoms with van der Waals surface area (Å²) in [6.07, 6.45) is 0.732. The molecule has 0 radical (unpaired) electrons. The van der Waals surface area contributed by atoms with Crippen LogP contribution in [0.1, 0.15) is 33.6 Å². The van der Waals surface area contributed by atoms with Crippen LogP contribution in [0.25, 0.3) is 11.1 Å². The van der Waals surface area contributed by atoms with E-state index in [0.29, 0.717) is 4.88 Å². The number of hydrogen-bond acceptors (Lipinski definition) is 6. The van der Waals surface area contributed by atoms with Gasteiger partial charge in [-0.15, -0.1) is 0 Å². The van der Waals surface area contributed by atoms with Crippen LogP contribution in [0.15, 0.2) is 54.7 Å². The topological polar surface area (TPSA) is 109 Å². The molecule has 3 aromatic rings. The molecule has 5 rings (SSSR count). The van der Waals surface area contributed by atoms with Gasteiger partial charge in [-0.05, 0) is 29.2 Å². The Hall–Kier alpha value is -3.72. The number of aliphatic carboxylic acids is 1.